The highest BCUT2D eigenvalue weighted by atomic mass is 16.5. The van der Waals surface area contributed by atoms with Gasteiger partial charge in [-0.3, -0.25) is 4.79 Å². The van der Waals surface area contributed by atoms with Crippen molar-refractivity contribution in [1.29, 1.82) is 0 Å². The number of hydrogen-bond donors (Lipinski definition) is 2. The second-order valence-electron chi connectivity index (χ2n) is 7.49. The van der Waals surface area contributed by atoms with Crippen molar-refractivity contribution >= 4 is 5.97 Å². The van der Waals surface area contributed by atoms with Crippen molar-refractivity contribution in [3.63, 3.8) is 0 Å². The van der Waals surface area contributed by atoms with Gasteiger partial charge in [0.25, 0.3) is 0 Å². The van der Waals surface area contributed by atoms with Crippen LogP contribution in [-0.4, -0.2) is 23.3 Å². The predicted octanol–water partition coefficient (Wildman–Crippen LogP) is 4.43. The second kappa shape index (κ2) is 6.67. The van der Waals surface area contributed by atoms with Crippen LogP contribution in [0.1, 0.15) is 60.1 Å². The van der Waals surface area contributed by atoms with Gasteiger partial charge in [0, 0.05) is 5.92 Å². The van der Waals surface area contributed by atoms with Crippen LogP contribution in [0.2, 0.25) is 0 Å². The van der Waals surface area contributed by atoms with Gasteiger partial charge in [0.05, 0.1) is 13.0 Å². The largest absolute Gasteiger partial charge is 0.508 e. The summed E-state index contributed by atoms with van der Waals surface area (Å²) >= 11 is 0. The Balaban J connectivity index is 1.90. The Labute approximate surface area is 153 Å². The van der Waals surface area contributed by atoms with E-state index in [4.69, 9.17) is 4.74 Å². The van der Waals surface area contributed by atoms with Crippen molar-refractivity contribution in [2.45, 2.75) is 43.4 Å². The maximum Gasteiger partial charge on any atom is 0.313 e. The van der Waals surface area contributed by atoms with Crippen molar-refractivity contribution in [1.82, 2.24) is 0 Å². The van der Waals surface area contributed by atoms with E-state index < -0.39 is 0 Å². The minimum absolute atomic E-state index is 0.0189. The Bertz CT molecular complexity index is 811. The molecular weight excluding hydrogens is 328 g/mol. The van der Waals surface area contributed by atoms with Crippen LogP contribution in [0.3, 0.4) is 0 Å². The Morgan fingerprint density at radius 1 is 0.962 bits per heavy atom. The third-order valence-electron chi connectivity index (χ3n) is 6.18. The fourth-order valence-corrected chi connectivity index (χ4v) is 5.12. The van der Waals surface area contributed by atoms with Crippen molar-refractivity contribution in [3.8, 4) is 11.5 Å². The molecule has 2 N–H and O–H groups in total. The van der Waals surface area contributed by atoms with Gasteiger partial charge in [0.2, 0.25) is 0 Å². The van der Waals surface area contributed by atoms with E-state index in [0.717, 1.165) is 36.0 Å². The molecule has 0 spiro atoms. The fraction of sp³-hybridized carbons (Fsp3) is 0.409. The summed E-state index contributed by atoms with van der Waals surface area (Å²) in [4.78, 5) is 12.8. The molecule has 136 valence electrons. The molecule has 2 aliphatic rings. The number of esters is 1. The molecular formula is C22H24O4. The molecule has 4 heteroatoms. The summed E-state index contributed by atoms with van der Waals surface area (Å²) in [6.45, 7) is 0. The molecule has 2 aliphatic carbocycles. The maximum atomic E-state index is 12.8. The molecule has 0 aromatic heterocycles. The normalized spacial score (nSPS) is 27.3. The van der Waals surface area contributed by atoms with Gasteiger partial charge >= 0.3 is 5.97 Å². The molecule has 0 heterocycles. The number of carbonyl (C=O) groups excluding carboxylic acids is 1. The lowest BCUT2D eigenvalue weighted by Crippen LogP contribution is -2.37. The van der Waals surface area contributed by atoms with E-state index in [2.05, 4.69) is 0 Å². The van der Waals surface area contributed by atoms with Crippen LogP contribution in [0.15, 0.2) is 42.5 Å². The summed E-state index contributed by atoms with van der Waals surface area (Å²) in [6.07, 6.45) is 4.45. The van der Waals surface area contributed by atoms with Crippen molar-refractivity contribution < 1.29 is 19.7 Å². The molecule has 0 amide bonds. The van der Waals surface area contributed by atoms with Crippen LogP contribution >= 0.6 is 0 Å². The molecule has 1 fully saturated rings. The molecule has 2 aromatic rings. The summed E-state index contributed by atoms with van der Waals surface area (Å²) in [6, 6.07) is 12.6. The lowest BCUT2D eigenvalue weighted by molar-refractivity contribution is -0.144. The molecule has 26 heavy (non-hydrogen) atoms. The minimum atomic E-state index is -0.389. The summed E-state index contributed by atoms with van der Waals surface area (Å²) in [7, 11) is 1.43. The van der Waals surface area contributed by atoms with E-state index in [1.54, 1.807) is 18.2 Å². The van der Waals surface area contributed by atoms with Gasteiger partial charge in [-0.15, -0.1) is 0 Å². The lowest BCUT2D eigenvalue weighted by atomic mass is 9.57. The summed E-state index contributed by atoms with van der Waals surface area (Å²) in [5.74, 6) is 0.533. The molecule has 1 saturated carbocycles. The highest BCUT2D eigenvalue weighted by Crippen LogP contribution is 2.57. The number of hydrogen-bond acceptors (Lipinski definition) is 4. The van der Waals surface area contributed by atoms with E-state index in [1.165, 1.54) is 13.5 Å². The van der Waals surface area contributed by atoms with E-state index in [0.29, 0.717) is 11.8 Å². The number of rotatable bonds is 2. The molecule has 0 bridgehead atoms. The lowest BCUT2D eigenvalue weighted by Gasteiger charge is -2.46. The smallest absolute Gasteiger partial charge is 0.313 e. The summed E-state index contributed by atoms with van der Waals surface area (Å²) < 4.78 is 5.18. The van der Waals surface area contributed by atoms with Gasteiger partial charge < -0.3 is 14.9 Å². The van der Waals surface area contributed by atoms with E-state index in [9.17, 15) is 15.0 Å². The first kappa shape index (κ1) is 17.0. The van der Waals surface area contributed by atoms with Crippen molar-refractivity contribution in [2.75, 3.05) is 7.11 Å². The molecule has 2 aromatic carbocycles. The molecule has 0 unspecified atom stereocenters. The third kappa shape index (κ3) is 2.74. The quantitative estimate of drug-likeness (QED) is 0.785. The average molecular weight is 352 g/mol. The van der Waals surface area contributed by atoms with E-state index in [-0.39, 0.29) is 29.3 Å². The molecule has 4 nitrogen and oxygen atoms in total. The standard InChI is InChI=1S/C22H24O4/c1-26-22(25)21-18-11-10-15(24)12-19(18)16-4-2-3-5-17(16)20(21)13-6-8-14(23)9-7-13/h6-12,16-17,20-21,23-24H,2-5H2,1H3/t16-,17+,20+,21+/m1/s1. The number of carbonyl (C=O) groups is 1. The number of benzene rings is 2. The van der Waals surface area contributed by atoms with Crippen LogP contribution in [0.4, 0.5) is 0 Å². The SMILES string of the molecule is COC(=O)[C@H]1c2ccc(O)cc2[C@@H]2CCCC[C@@H]2[C@@H]1c1ccc(O)cc1. The van der Waals surface area contributed by atoms with Gasteiger partial charge in [0.15, 0.2) is 0 Å². The molecule has 0 radical (unpaired) electrons. The van der Waals surface area contributed by atoms with Gasteiger partial charge in [-0.05, 0) is 65.6 Å². The third-order valence-corrected chi connectivity index (χ3v) is 6.18. The number of phenols is 2. The monoisotopic (exact) mass is 352 g/mol. The van der Waals surface area contributed by atoms with Gasteiger partial charge in [-0.1, -0.05) is 31.0 Å². The number of fused-ring (bicyclic) bond motifs is 3. The van der Waals surface area contributed by atoms with E-state index in [1.807, 2.05) is 24.3 Å². The summed E-state index contributed by atoms with van der Waals surface area (Å²) in [5.41, 5.74) is 3.13. The Kier molecular flexibility index (Phi) is 4.35. The molecule has 0 aliphatic heterocycles. The number of aromatic hydroxyl groups is 2. The average Bonchev–Trinajstić information content (AvgIpc) is 2.67. The number of ether oxygens (including phenoxy) is 1. The van der Waals surface area contributed by atoms with Gasteiger partial charge in [0.1, 0.15) is 11.5 Å². The van der Waals surface area contributed by atoms with Crippen LogP contribution in [0.5, 0.6) is 11.5 Å². The predicted molar refractivity (Wildman–Crippen MR) is 98.4 cm³/mol. The fourth-order valence-electron chi connectivity index (χ4n) is 5.12. The Morgan fingerprint density at radius 2 is 1.65 bits per heavy atom. The first-order chi connectivity index (χ1) is 12.6. The van der Waals surface area contributed by atoms with Crippen LogP contribution < -0.4 is 0 Å². The number of phenolic OH excluding ortho intramolecular Hbond substituents is 2. The van der Waals surface area contributed by atoms with Crippen LogP contribution in [-0.2, 0) is 9.53 Å². The van der Waals surface area contributed by atoms with Gasteiger partial charge in [-0.25, -0.2) is 0 Å². The first-order valence-electron chi connectivity index (χ1n) is 9.29. The van der Waals surface area contributed by atoms with Crippen LogP contribution in [0.25, 0.3) is 0 Å². The van der Waals surface area contributed by atoms with Crippen molar-refractivity contribution in [2.24, 2.45) is 5.92 Å². The Morgan fingerprint density at radius 3 is 2.38 bits per heavy atom. The number of methoxy groups -OCH3 is 1. The zero-order chi connectivity index (χ0) is 18.3. The second-order valence-corrected chi connectivity index (χ2v) is 7.49. The van der Waals surface area contributed by atoms with E-state index >= 15 is 0 Å². The summed E-state index contributed by atoms with van der Waals surface area (Å²) in [5, 5.41) is 19.7. The zero-order valence-electron chi connectivity index (χ0n) is 14.9. The zero-order valence-corrected chi connectivity index (χ0v) is 14.9. The molecule has 4 atom stereocenters. The minimum Gasteiger partial charge on any atom is -0.508 e. The Hall–Kier alpha value is -2.49. The highest BCUT2D eigenvalue weighted by molar-refractivity contribution is 5.81. The highest BCUT2D eigenvalue weighted by Gasteiger charge is 2.47. The van der Waals surface area contributed by atoms with Crippen LogP contribution in [0, 0.1) is 5.92 Å². The maximum absolute atomic E-state index is 12.8. The van der Waals surface area contributed by atoms with Gasteiger partial charge in [-0.2, -0.15) is 0 Å². The first-order valence-corrected chi connectivity index (χ1v) is 9.29. The topological polar surface area (TPSA) is 66.8 Å². The molecule has 4 rings (SSSR count). The van der Waals surface area contributed by atoms with Crippen molar-refractivity contribution in [3.05, 3.63) is 59.2 Å². The molecule has 0 saturated heterocycles.